The van der Waals surface area contributed by atoms with Gasteiger partial charge in [0.2, 0.25) is 5.95 Å². The molecule has 2 aromatic rings. The highest BCUT2D eigenvalue weighted by Gasteiger charge is 2.08. The van der Waals surface area contributed by atoms with Crippen molar-refractivity contribution in [3.05, 3.63) is 42.2 Å². The number of imidazole rings is 1. The maximum Gasteiger partial charge on any atom is 0.258 e. The zero-order valence-corrected chi connectivity index (χ0v) is 8.84. The Labute approximate surface area is 92.9 Å². The smallest absolute Gasteiger partial charge is 0.258 e. The van der Waals surface area contributed by atoms with Gasteiger partial charge in [-0.15, -0.1) is 0 Å². The first-order valence-electron chi connectivity index (χ1n) is 4.81. The number of nitrogens with zero attached hydrogens (tertiary/aromatic N) is 2. The van der Waals surface area contributed by atoms with E-state index in [0.717, 1.165) is 0 Å². The predicted molar refractivity (Wildman–Crippen MR) is 62.0 cm³/mol. The lowest BCUT2D eigenvalue weighted by Gasteiger charge is -2.05. The van der Waals surface area contributed by atoms with E-state index in [1.165, 1.54) is 0 Å². The molecule has 0 radical (unpaired) electrons. The fourth-order valence-electron chi connectivity index (χ4n) is 1.34. The standard InChI is InChI=1S/C11H12N4O/c1-15-6-5-13-11(15)14-10(16)8-3-2-4-9(12)7-8/h2-7H,12H2,1H3,(H,13,14,16). The van der Waals surface area contributed by atoms with Crippen LogP contribution in [0.3, 0.4) is 0 Å². The maximum absolute atomic E-state index is 11.8. The normalized spacial score (nSPS) is 10.1. The lowest BCUT2D eigenvalue weighted by molar-refractivity contribution is 0.102. The summed E-state index contributed by atoms with van der Waals surface area (Å²) in [7, 11) is 1.81. The number of nitrogens with one attached hydrogen (secondary N) is 1. The van der Waals surface area contributed by atoms with Gasteiger partial charge in [0.05, 0.1) is 0 Å². The molecule has 16 heavy (non-hydrogen) atoms. The number of nitrogens with two attached hydrogens (primary N) is 1. The molecule has 3 N–H and O–H groups in total. The molecule has 0 aliphatic rings. The second kappa shape index (κ2) is 4.06. The van der Waals surface area contributed by atoms with Gasteiger partial charge in [0.15, 0.2) is 0 Å². The van der Waals surface area contributed by atoms with Crippen molar-refractivity contribution in [2.75, 3.05) is 11.1 Å². The van der Waals surface area contributed by atoms with Crippen LogP contribution in [0.1, 0.15) is 10.4 Å². The number of aromatic nitrogens is 2. The lowest BCUT2D eigenvalue weighted by Crippen LogP contribution is -2.15. The van der Waals surface area contributed by atoms with Crippen molar-refractivity contribution in [3.8, 4) is 0 Å². The summed E-state index contributed by atoms with van der Waals surface area (Å²) in [6.07, 6.45) is 3.38. The summed E-state index contributed by atoms with van der Waals surface area (Å²) in [4.78, 5) is 15.8. The average Bonchev–Trinajstić information content (AvgIpc) is 2.64. The summed E-state index contributed by atoms with van der Waals surface area (Å²) in [6, 6.07) is 6.80. The Balaban J connectivity index is 2.18. The first-order chi connectivity index (χ1) is 7.66. The SMILES string of the molecule is Cn1ccnc1NC(=O)c1cccc(N)c1. The van der Waals surface area contributed by atoms with E-state index in [0.29, 0.717) is 17.2 Å². The Morgan fingerprint density at radius 3 is 2.94 bits per heavy atom. The topological polar surface area (TPSA) is 72.9 Å². The zero-order valence-electron chi connectivity index (χ0n) is 8.84. The average molecular weight is 216 g/mol. The third kappa shape index (κ3) is 2.03. The summed E-state index contributed by atoms with van der Waals surface area (Å²) in [5.74, 6) is 0.286. The number of aryl methyl sites for hydroxylation is 1. The van der Waals surface area contributed by atoms with Gasteiger partial charge in [0, 0.05) is 30.7 Å². The molecule has 0 saturated carbocycles. The summed E-state index contributed by atoms with van der Waals surface area (Å²) >= 11 is 0. The molecule has 0 saturated heterocycles. The molecule has 1 aromatic heterocycles. The minimum atomic E-state index is -0.221. The monoisotopic (exact) mass is 216 g/mol. The number of amides is 1. The van der Waals surface area contributed by atoms with Crippen molar-refractivity contribution < 1.29 is 4.79 Å². The maximum atomic E-state index is 11.8. The minimum Gasteiger partial charge on any atom is -0.399 e. The Morgan fingerprint density at radius 1 is 1.50 bits per heavy atom. The highest BCUT2D eigenvalue weighted by molar-refractivity contribution is 6.03. The number of nitrogen functional groups attached to an aromatic ring is 1. The molecule has 0 aliphatic heterocycles. The molecular formula is C11H12N4O. The molecule has 0 unspecified atom stereocenters. The quantitative estimate of drug-likeness (QED) is 0.742. The predicted octanol–water partition coefficient (Wildman–Crippen LogP) is 1.25. The fraction of sp³-hybridized carbons (Fsp3) is 0.0909. The Morgan fingerprint density at radius 2 is 2.31 bits per heavy atom. The van der Waals surface area contributed by atoms with Crippen molar-refractivity contribution in [1.29, 1.82) is 0 Å². The summed E-state index contributed by atoms with van der Waals surface area (Å²) in [5, 5.41) is 2.69. The van der Waals surface area contributed by atoms with Gasteiger partial charge in [-0.2, -0.15) is 0 Å². The molecule has 1 aromatic carbocycles. The number of hydrogen-bond acceptors (Lipinski definition) is 3. The van der Waals surface area contributed by atoms with E-state index in [4.69, 9.17) is 5.73 Å². The van der Waals surface area contributed by atoms with Crippen LogP contribution in [0, 0.1) is 0 Å². The largest absolute Gasteiger partial charge is 0.399 e. The van der Waals surface area contributed by atoms with E-state index in [-0.39, 0.29) is 5.91 Å². The van der Waals surface area contributed by atoms with Crippen molar-refractivity contribution in [1.82, 2.24) is 9.55 Å². The lowest BCUT2D eigenvalue weighted by atomic mass is 10.2. The molecule has 0 aliphatic carbocycles. The van der Waals surface area contributed by atoms with Gasteiger partial charge in [-0.05, 0) is 18.2 Å². The van der Waals surface area contributed by atoms with Crippen LogP contribution in [0.4, 0.5) is 11.6 Å². The summed E-state index contributed by atoms with van der Waals surface area (Å²) < 4.78 is 1.73. The molecular weight excluding hydrogens is 204 g/mol. The molecule has 0 spiro atoms. The molecule has 0 bridgehead atoms. The third-order valence-electron chi connectivity index (χ3n) is 2.20. The van der Waals surface area contributed by atoms with Gasteiger partial charge in [-0.25, -0.2) is 4.98 Å². The van der Waals surface area contributed by atoms with Crippen LogP contribution in [-0.2, 0) is 7.05 Å². The van der Waals surface area contributed by atoms with E-state index in [1.54, 1.807) is 41.2 Å². The second-order valence-electron chi connectivity index (χ2n) is 3.44. The first kappa shape index (κ1) is 10.2. The van der Waals surface area contributed by atoms with E-state index >= 15 is 0 Å². The first-order valence-corrected chi connectivity index (χ1v) is 4.81. The molecule has 5 heteroatoms. The number of anilines is 2. The molecule has 0 fully saturated rings. The Kier molecular flexibility index (Phi) is 2.59. The van der Waals surface area contributed by atoms with Crippen LogP contribution < -0.4 is 11.1 Å². The highest BCUT2D eigenvalue weighted by atomic mass is 16.1. The van der Waals surface area contributed by atoms with Gasteiger partial charge in [0.1, 0.15) is 0 Å². The van der Waals surface area contributed by atoms with Crippen LogP contribution in [0.5, 0.6) is 0 Å². The Bertz CT molecular complexity index is 518. The minimum absolute atomic E-state index is 0.221. The highest BCUT2D eigenvalue weighted by Crippen LogP contribution is 2.09. The molecule has 5 nitrogen and oxygen atoms in total. The van der Waals surface area contributed by atoms with Crippen molar-refractivity contribution >= 4 is 17.5 Å². The molecule has 0 atom stereocenters. The Hall–Kier alpha value is -2.30. The van der Waals surface area contributed by atoms with Crippen LogP contribution >= 0.6 is 0 Å². The fourth-order valence-corrected chi connectivity index (χ4v) is 1.34. The van der Waals surface area contributed by atoms with Gasteiger partial charge in [-0.1, -0.05) is 6.07 Å². The van der Waals surface area contributed by atoms with E-state index in [9.17, 15) is 4.79 Å². The molecule has 1 amide bonds. The van der Waals surface area contributed by atoms with Gasteiger partial charge >= 0.3 is 0 Å². The molecule has 82 valence electrons. The van der Waals surface area contributed by atoms with Crippen LogP contribution in [-0.4, -0.2) is 15.5 Å². The van der Waals surface area contributed by atoms with Gasteiger partial charge in [0.25, 0.3) is 5.91 Å². The molecule has 2 rings (SSSR count). The van der Waals surface area contributed by atoms with E-state index in [1.807, 2.05) is 7.05 Å². The number of benzene rings is 1. The van der Waals surface area contributed by atoms with Crippen molar-refractivity contribution in [2.24, 2.45) is 7.05 Å². The second-order valence-corrected chi connectivity index (χ2v) is 3.44. The summed E-state index contributed by atoms with van der Waals surface area (Å²) in [5.41, 5.74) is 6.68. The number of carbonyl (C=O) groups excluding carboxylic acids is 1. The number of carbonyl (C=O) groups is 1. The molecule has 1 heterocycles. The zero-order chi connectivity index (χ0) is 11.5. The van der Waals surface area contributed by atoms with Crippen LogP contribution in [0.2, 0.25) is 0 Å². The van der Waals surface area contributed by atoms with Gasteiger partial charge in [-0.3, -0.25) is 10.1 Å². The number of hydrogen-bond donors (Lipinski definition) is 2. The van der Waals surface area contributed by atoms with E-state index < -0.39 is 0 Å². The summed E-state index contributed by atoms with van der Waals surface area (Å²) in [6.45, 7) is 0. The van der Waals surface area contributed by atoms with Gasteiger partial charge < -0.3 is 10.3 Å². The van der Waals surface area contributed by atoms with Crippen LogP contribution in [0.15, 0.2) is 36.7 Å². The third-order valence-corrected chi connectivity index (χ3v) is 2.20. The van der Waals surface area contributed by atoms with E-state index in [2.05, 4.69) is 10.3 Å². The van der Waals surface area contributed by atoms with Crippen molar-refractivity contribution in [2.45, 2.75) is 0 Å². The van der Waals surface area contributed by atoms with Crippen molar-refractivity contribution in [3.63, 3.8) is 0 Å². The van der Waals surface area contributed by atoms with Crippen LogP contribution in [0.25, 0.3) is 0 Å². The number of rotatable bonds is 2.